The topological polar surface area (TPSA) is 132 Å². The van der Waals surface area contributed by atoms with Gasteiger partial charge in [-0.1, -0.05) is 13.8 Å². The van der Waals surface area contributed by atoms with Gasteiger partial charge in [0.05, 0.1) is 29.3 Å². The lowest BCUT2D eigenvalue weighted by Gasteiger charge is -2.40. The minimum atomic E-state index is -0.536. The number of fused-ring (bicyclic) bond motifs is 2. The van der Waals surface area contributed by atoms with Gasteiger partial charge >= 0.3 is 23.9 Å². The molecule has 0 radical (unpaired) electrons. The van der Waals surface area contributed by atoms with Crippen molar-refractivity contribution in [3.8, 4) is 0 Å². The van der Waals surface area contributed by atoms with Gasteiger partial charge in [-0.2, -0.15) is 0 Å². The highest BCUT2D eigenvalue weighted by Gasteiger charge is 2.63. The van der Waals surface area contributed by atoms with Gasteiger partial charge in [0.25, 0.3) is 0 Å². The number of Topliss-reactive ketones (excluding diaryl/α,β-unsaturated/α-hetero) is 1. The molecular weight excluding hydrogens is 544 g/mol. The van der Waals surface area contributed by atoms with E-state index in [1.54, 1.807) is 0 Å². The number of rotatable bonds is 9. The average Bonchev–Trinajstić information content (AvgIpc) is 3.71. The van der Waals surface area contributed by atoms with Crippen LogP contribution in [0.25, 0.3) is 0 Å². The van der Waals surface area contributed by atoms with Gasteiger partial charge in [-0.25, -0.2) is 0 Å². The molecule has 10 atom stereocenters. The predicted octanol–water partition coefficient (Wildman–Crippen LogP) is 3.81. The molecule has 0 aromatic heterocycles. The van der Waals surface area contributed by atoms with Gasteiger partial charge in [-0.15, -0.1) is 0 Å². The molecule has 7 fully saturated rings. The largest absolute Gasteiger partial charge is 0.465 e. The fraction of sp³-hybridized carbons (Fsp3) is 0.844. The molecule has 0 aromatic rings. The van der Waals surface area contributed by atoms with Crippen molar-refractivity contribution in [1.82, 2.24) is 0 Å². The van der Waals surface area contributed by atoms with Crippen LogP contribution in [0.5, 0.6) is 0 Å². The Bertz CT molecular complexity index is 1110. The van der Waals surface area contributed by atoms with E-state index in [1.165, 1.54) is 0 Å². The summed E-state index contributed by atoms with van der Waals surface area (Å²) in [5.74, 6) is 0.402. The van der Waals surface area contributed by atoms with E-state index < -0.39 is 10.8 Å². The van der Waals surface area contributed by atoms with Gasteiger partial charge in [0.2, 0.25) is 0 Å². The van der Waals surface area contributed by atoms with Crippen LogP contribution >= 0.6 is 0 Å². The zero-order chi connectivity index (χ0) is 30.6. The number of hydrogen-bond acceptors (Lipinski definition) is 10. The molecule has 7 rings (SSSR count). The van der Waals surface area contributed by atoms with E-state index in [9.17, 15) is 24.0 Å². The lowest BCUT2D eigenvalue weighted by Crippen LogP contribution is -2.52. The van der Waals surface area contributed by atoms with Crippen LogP contribution in [0.15, 0.2) is 0 Å². The Morgan fingerprint density at radius 2 is 1.43 bits per heavy atom. The van der Waals surface area contributed by atoms with E-state index in [0.717, 1.165) is 32.1 Å². The van der Waals surface area contributed by atoms with E-state index in [-0.39, 0.29) is 103 Å². The molecule has 10 heteroatoms. The van der Waals surface area contributed by atoms with Crippen LogP contribution < -0.4 is 0 Å². The SMILES string of the molecule is CCC(C)(C)C(=O)OC1C2CC3CC2C(=O)OC31.CCC(C)(C)C(=O)OCCC(=O)OC1C2CC3C(=O)COC1C3C2. The zero-order valence-corrected chi connectivity index (χ0v) is 25.7. The molecule has 0 aromatic carbocycles. The highest BCUT2D eigenvalue weighted by Crippen LogP contribution is 2.56. The molecule has 3 heterocycles. The molecule has 7 aliphatic rings. The number of carbonyl (C=O) groups excluding carboxylic acids is 5. The molecule has 0 amide bonds. The summed E-state index contributed by atoms with van der Waals surface area (Å²) < 4.78 is 27.4. The molecule has 10 unspecified atom stereocenters. The highest BCUT2D eigenvalue weighted by atomic mass is 16.6. The van der Waals surface area contributed by atoms with Crippen LogP contribution in [-0.2, 0) is 47.7 Å². The van der Waals surface area contributed by atoms with E-state index in [2.05, 4.69) is 0 Å². The third kappa shape index (κ3) is 5.60. The van der Waals surface area contributed by atoms with E-state index in [1.807, 2.05) is 41.5 Å². The lowest BCUT2D eigenvalue weighted by atomic mass is 9.80. The van der Waals surface area contributed by atoms with Crippen molar-refractivity contribution in [3.05, 3.63) is 0 Å². The third-order valence-corrected chi connectivity index (χ3v) is 11.0. The molecule has 3 saturated heterocycles. The monoisotopic (exact) mass is 590 g/mol. The molecule has 234 valence electrons. The summed E-state index contributed by atoms with van der Waals surface area (Å²) >= 11 is 0. The lowest BCUT2D eigenvalue weighted by molar-refractivity contribution is -0.200. The fourth-order valence-electron chi connectivity index (χ4n) is 7.56. The van der Waals surface area contributed by atoms with Crippen LogP contribution in [0, 0.1) is 46.3 Å². The smallest absolute Gasteiger partial charge is 0.311 e. The van der Waals surface area contributed by atoms with Crippen LogP contribution in [0.1, 0.15) is 86.5 Å². The summed E-state index contributed by atoms with van der Waals surface area (Å²) in [5.41, 5.74) is -0.989. The molecular formula is C32H46O10. The standard InChI is InChI=1S/C18H26O6.C14H20O4/c1-4-18(2,3)17(21)22-6-5-14(20)24-15-10-7-11-12(8-10)16(15)23-9-13(11)19;1-4-14(2,3)13(16)18-11-8-5-7-6-9(8)12(15)17-10(7)11/h10-12,15-16H,4-9H2,1-3H3;7-11H,4-6H2,1-3H3. The van der Waals surface area contributed by atoms with Crippen LogP contribution in [-0.4, -0.2) is 67.3 Å². The third-order valence-electron chi connectivity index (χ3n) is 11.0. The summed E-state index contributed by atoms with van der Waals surface area (Å²) in [4.78, 5) is 59.5. The molecule has 6 bridgehead atoms. The van der Waals surface area contributed by atoms with Crippen molar-refractivity contribution in [3.63, 3.8) is 0 Å². The van der Waals surface area contributed by atoms with Crippen molar-refractivity contribution < 1.29 is 47.7 Å². The van der Waals surface area contributed by atoms with Crippen molar-refractivity contribution in [2.75, 3.05) is 13.2 Å². The molecule has 42 heavy (non-hydrogen) atoms. The second-order valence-electron chi connectivity index (χ2n) is 14.3. The molecule has 3 aliphatic heterocycles. The Balaban J connectivity index is 0.000000175. The maximum Gasteiger partial charge on any atom is 0.311 e. The van der Waals surface area contributed by atoms with Gasteiger partial charge in [0.15, 0.2) is 5.78 Å². The van der Waals surface area contributed by atoms with E-state index in [0.29, 0.717) is 12.3 Å². The van der Waals surface area contributed by atoms with E-state index >= 15 is 0 Å². The molecule has 0 spiro atoms. The Morgan fingerprint density at radius 1 is 0.786 bits per heavy atom. The molecule has 10 nitrogen and oxygen atoms in total. The number of ether oxygens (including phenoxy) is 5. The summed E-state index contributed by atoms with van der Waals surface area (Å²) in [5, 5.41) is 0. The normalized spacial score (nSPS) is 37.2. The second kappa shape index (κ2) is 11.5. The average molecular weight is 591 g/mol. The van der Waals surface area contributed by atoms with Crippen LogP contribution in [0.3, 0.4) is 0 Å². The first-order chi connectivity index (χ1) is 19.8. The minimum Gasteiger partial charge on any atom is -0.465 e. The number of carbonyl (C=O) groups is 5. The summed E-state index contributed by atoms with van der Waals surface area (Å²) in [6.45, 7) is 11.5. The Kier molecular flexibility index (Phi) is 8.51. The zero-order valence-electron chi connectivity index (χ0n) is 25.7. The van der Waals surface area contributed by atoms with Crippen LogP contribution in [0.4, 0.5) is 0 Å². The van der Waals surface area contributed by atoms with Gasteiger partial charge < -0.3 is 23.7 Å². The van der Waals surface area contributed by atoms with Gasteiger partial charge in [0, 0.05) is 17.8 Å². The Labute approximate surface area is 247 Å². The molecule has 4 aliphatic carbocycles. The second-order valence-corrected chi connectivity index (χ2v) is 14.3. The van der Waals surface area contributed by atoms with Crippen molar-refractivity contribution in [1.29, 1.82) is 0 Å². The maximum absolute atomic E-state index is 12.1. The maximum atomic E-state index is 12.1. The van der Waals surface area contributed by atoms with E-state index in [4.69, 9.17) is 23.7 Å². The quantitative estimate of drug-likeness (QED) is 0.289. The van der Waals surface area contributed by atoms with Gasteiger partial charge in [-0.3, -0.25) is 24.0 Å². The number of ketones is 1. The summed E-state index contributed by atoms with van der Waals surface area (Å²) in [7, 11) is 0. The Morgan fingerprint density at radius 3 is 2.10 bits per heavy atom. The first-order valence-electron chi connectivity index (χ1n) is 15.7. The number of esters is 4. The number of hydrogen-bond donors (Lipinski definition) is 0. The Hall–Kier alpha value is -2.49. The fourth-order valence-corrected chi connectivity index (χ4v) is 7.56. The van der Waals surface area contributed by atoms with Gasteiger partial charge in [-0.05, 0) is 78.1 Å². The first-order valence-corrected chi connectivity index (χ1v) is 15.7. The highest BCUT2D eigenvalue weighted by molar-refractivity contribution is 5.84. The minimum absolute atomic E-state index is 0.0254. The molecule has 4 saturated carbocycles. The van der Waals surface area contributed by atoms with Gasteiger partial charge in [0.1, 0.15) is 31.5 Å². The van der Waals surface area contributed by atoms with Crippen molar-refractivity contribution in [2.45, 2.75) is 111 Å². The summed E-state index contributed by atoms with van der Waals surface area (Å²) in [6.07, 6.45) is 4.33. The molecule has 0 N–H and O–H groups in total. The predicted molar refractivity (Wildman–Crippen MR) is 148 cm³/mol. The first kappa shape index (κ1) is 31.0. The summed E-state index contributed by atoms with van der Waals surface area (Å²) in [6, 6.07) is 0. The van der Waals surface area contributed by atoms with Crippen molar-refractivity contribution in [2.24, 2.45) is 46.3 Å². The van der Waals surface area contributed by atoms with Crippen molar-refractivity contribution >= 4 is 29.7 Å². The van der Waals surface area contributed by atoms with Crippen LogP contribution in [0.2, 0.25) is 0 Å².